The maximum Gasteiger partial charge on any atom is 0.309 e. The molecule has 0 unspecified atom stereocenters. The summed E-state index contributed by atoms with van der Waals surface area (Å²) in [5.41, 5.74) is 1.12. The summed E-state index contributed by atoms with van der Waals surface area (Å²) in [5, 5.41) is 14.0. The second-order valence-electron chi connectivity index (χ2n) is 12.3. The number of aliphatic hydroxyl groups excluding tert-OH is 1. The smallest absolute Gasteiger partial charge is 0.309 e. The van der Waals surface area contributed by atoms with Crippen molar-refractivity contribution in [2.75, 3.05) is 0 Å². The number of carbonyl (C=O) groups is 2. The summed E-state index contributed by atoms with van der Waals surface area (Å²) < 4.78 is 6.00. The zero-order valence-corrected chi connectivity index (χ0v) is 23.7. The molecule has 0 bridgehead atoms. The maximum absolute atomic E-state index is 13.4. The van der Waals surface area contributed by atoms with E-state index in [4.69, 9.17) is 4.74 Å². The lowest BCUT2D eigenvalue weighted by atomic mass is 9.70. The van der Waals surface area contributed by atoms with Crippen LogP contribution in [0.2, 0.25) is 0 Å². The molecule has 5 nitrogen and oxygen atoms in total. The minimum Gasteiger partial charge on any atom is -0.458 e. The van der Waals surface area contributed by atoms with Crippen LogP contribution >= 0.6 is 11.3 Å². The Hall–Kier alpha value is -1.53. The van der Waals surface area contributed by atoms with E-state index >= 15 is 0 Å². The molecule has 2 heterocycles. The van der Waals surface area contributed by atoms with Gasteiger partial charge in [0, 0.05) is 11.3 Å². The van der Waals surface area contributed by atoms with Crippen LogP contribution in [-0.2, 0) is 14.3 Å². The summed E-state index contributed by atoms with van der Waals surface area (Å²) in [6.07, 6.45) is 5.73. The van der Waals surface area contributed by atoms with Gasteiger partial charge in [-0.2, -0.15) is 0 Å². The van der Waals surface area contributed by atoms with E-state index < -0.39 is 17.5 Å². The standard InChI is InChI=1S/C29H45NO4S/c1-17-10-9-11-29(8)15-22(29)13-24(18(2)12-23-16-35-21(5)30-23)34-26(32)14-25(31)28(6,7)27(33)20(4)19(17)3/h12,16-17,19-20,22,24-25,31H,9-11,13-15H2,1-8H3/b18-12+/t17-,19-,20+,22+,24-,25-,29-/m0/s1. The number of aryl methyl sites for hydroxylation is 1. The highest BCUT2D eigenvalue weighted by molar-refractivity contribution is 7.09. The molecular formula is C29H45NO4S. The summed E-state index contributed by atoms with van der Waals surface area (Å²) in [6, 6.07) is 0. The lowest BCUT2D eigenvalue weighted by molar-refractivity contribution is -0.154. The molecule has 1 aromatic rings. The first-order valence-corrected chi connectivity index (χ1v) is 14.1. The predicted molar refractivity (Wildman–Crippen MR) is 142 cm³/mol. The van der Waals surface area contributed by atoms with Gasteiger partial charge >= 0.3 is 5.97 Å². The number of carbonyl (C=O) groups excluding carboxylic acids is 2. The third-order valence-electron chi connectivity index (χ3n) is 9.17. The SMILES string of the molecule is C/C(=C\c1csc(C)n1)[C@@H]1C[C@@H]2C[C@]2(C)CCC[C@H](C)[C@H](C)[C@@H](C)C(=O)C(C)(C)[C@@H](O)CC(=O)O1. The molecule has 6 heteroatoms. The van der Waals surface area contributed by atoms with E-state index in [1.807, 2.05) is 32.2 Å². The number of aromatic nitrogens is 1. The Morgan fingerprint density at radius 3 is 2.54 bits per heavy atom. The second-order valence-corrected chi connectivity index (χ2v) is 13.3. The van der Waals surface area contributed by atoms with Crippen LogP contribution in [0.3, 0.4) is 0 Å². The molecule has 1 N–H and O–H groups in total. The monoisotopic (exact) mass is 503 g/mol. The number of Topliss-reactive ketones (excluding diaryl/α,β-unsaturated/α-hetero) is 1. The molecule has 0 aromatic carbocycles. The molecule has 1 saturated heterocycles. The molecule has 7 atom stereocenters. The molecule has 1 aromatic heterocycles. The molecule has 2 aliphatic rings. The Morgan fingerprint density at radius 1 is 1.23 bits per heavy atom. The zero-order valence-electron chi connectivity index (χ0n) is 22.9. The van der Waals surface area contributed by atoms with Crippen LogP contribution in [-0.4, -0.2) is 34.1 Å². The number of thiazole rings is 1. The van der Waals surface area contributed by atoms with Gasteiger partial charge in [-0.15, -0.1) is 11.3 Å². The summed E-state index contributed by atoms with van der Waals surface area (Å²) >= 11 is 1.60. The van der Waals surface area contributed by atoms with E-state index in [0.717, 1.165) is 48.4 Å². The molecule has 196 valence electrons. The van der Waals surface area contributed by atoms with Crippen molar-refractivity contribution >= 4 is 29.2 Å². The van der Waals surface area contributed by atoms with E-state index in [1.54, 1.807) is 25.2 Å². The highest BCUT2D eigenvalue weighted by atomic mass is 32.1. The fraction of sp³-hybridized carbons (Fsp3) is 0.759. The van der Waals surface area contributed by atoms with E-state index in [-0.39, 0.29) is 35.6 Å². The molecule has 35 heavy (non-hydrogen) atoms. The topological polar surface area (TPSA) is 76.5 Å². The van der Waals surface area contributed by atoms with Gasteiger partial charge in [0.1, 0.15) is 11.9 Å². The van der Waals surface area contributed by atoms with Crippen LogP contribution < -0.4 is 0 Å². The summed E-state index contributed by atoms with van der Waals surface area (Å²) in [4.78, 5) is 30.9. The number of ether oxygens (including phenoxy) is 1. The van der Waals surface area contributed by atoms with Gasteiger partial charge in [-0.25, -0.2) is 4.98 Å². The van der Waals surface area contributed by atoms with Gasteiger partial charge in [0.2, 0.25) is 0 Å². The van der Waals surface area contributed by atoms with Gasteiger partial charge in [0.25, 0.3) is 0 Å². The van der Waals surface area contributed by atoms with Gasteiger partial charge < -0.3 is 9.84 Å². The molecule has 1 aliphatic carbocycles. The molecule has 0 radical (unpaired) electrons. The quantitative estimate of drug-likeness (QED) is 0.459. The Labute approximate surface area is 215 Å². The Morgan fingerprint density at radius 2 is 1.91 bits per heavy atom. The third-order valence-corrected chi connectivity index (χ3v) is 9.96. The first-order valence-electron chi connectivity index (χ1n) is 13.3. The van der Waals surface area contributed by atoms with E-state index in [0.29, 0.717) is 11.8 Å². The van der Waals surface area contributed by atoms with Gasteiger partial charge in [0.05, 0.1) is 28.6 Å². The fourth-order valence-electron chi connectivity index (χ4n) is 5.73. The first-order chi connectivity index (χ1) is 16.2. The molecule has 1 aliphatic heterocycles. The summed E-state index contributed by atoms with van der Waals surface area (Å²) in [7, 11) is 0. The Kier molecular flexibility index (Phi) is 8.69. The number of nitrogens with zero attached hydrogens (tertiary/aromatic N) is 1. The van der Waals surface area contributed by atoms with Gasteiger partial charge in [-0.05, 0) is 67.9 Å². The van der Waals surface area contributed by atoms with Crippen LogP contribution in [0.5, 0.6) is 0 Å². The van der Waals surface area contributed by atoms with Crippen molar-refractivity contribution in [1.29, 1.82) is 0 Å². The number of esters is 1. The normalized spacial score (nSPS) is 37.5. The van der Waals surface area contributed by atoms with Crippen LogP contribution in [0.25, 0.3) is 6.08 Å². The van der Waals surface area contributed by atoms with Crippen molar-refractivity contribution in [1.82, 2.24) is 4.98 Å². The van der Waals surface area contributed by atoms with E-state index in [1.165, 1.54) is 0 Å². The highest BCUT2D eigenvalue weighted by Crippen LogP contribution is 2.58. The predicted octanol–water partition coefficient (Wildman–Crippen LogP) is 6.62. The average Bonchev–Trinajstić information content (AvgIpc) is 3.22. The number of rotatable bonds is 2. The number of aliphatic hydroxyl groups is 1. The number of cyclic esters (lactones) is 1. The summed E-state index contributed by atoms with van der Waals surface area (Å²) in [5.74, 6) is 0.563. The number of ketones is 1. The largest absolute Gasteiger partial charge is 0.458 e. The van der Waals surface area contributed by atoms with Crippen molar-refractivity contribution in [3.05, 3.63) is 21.7 Å². The lowest BCUT2D eigenvalue weighted by Gasteiger charge is -2.35. The number of hydrogen-bond donors (Lipinski definition) is 1. The van der Waals surface area contributed by atoms with Crippen LogP contribution in [0.1, 0.15) is 97.7 Å². The number of fused-ring (bicyclic) bond motifs is 1. The van der Waals surface area contributed by atoms with Gasteiger partial charge in [0.15, 0.2) is 0 Å². The molecule has 2 fully saturated rings. The zero-order chi connectivity index (χ0) is 26.1. The average molecular weight is 504 g/mol. The first kappa shape index (κ1) is 28.0. The molecular weight excluding hydrogens is 458 g/mol. The van der Waals surface area contributed by atoms with Crippen molar-refractivity contribution in [2.24, 2.45) is 34.5 Å². The lowest BCUT2D eigenvalue weighted by Crippen LogP contribution is -2.44. The maximum atomic E-state index is 13.4. The van der Waals surface area contributed by atoms with E-state index in [9.17, 15) is 14.7 Å². The third kappa shape index (κ3) is 6.62. The second kappa shape index (κ2) is 10.8. The van der Waals surface area contributed by atoms with Crippen LogP contribution in [0.4, 0.5) is 0 Å². The van der Waals surface area contributed by atoms with Crippen LogP contribution in [0.15, 0.2) is 11.0 Å². The minimum atomic E-state index is -1.09. The van der Waals surface area contributed by atoms with Gasteiger partial charge in [-0.1, -0.05) is 54.4 Å². The number of hydrogen-bond acceptors (Lipinski definition) is 6. The Bertz CT molecular complexity index is 950. The highest BCUT2D eigenvalue weighted by Gasteiger charge is 2.50. The Balaban J connectivity index is 1.85. The molecule has 0 spiro atoms. The molecule has 1 saturated carbocycles. The molecule has 0 amide bonds. The van der Waals surface area contributed by atoms with E-state index in [2.05, 4.69) is 25.8 Å². The fourth-order valence-corrected chi connectivity index (χ4v) is 6.30. The van der Waals surface area contributed by atoms with Crippen molar-refractivity contribution in [3.63, 3.8) is 0 Å². The van der Waals surface area contributed by atoms with Crippen molar-refractivity contribution in [2.45, 2.75) is 106 Å². The minimum absolute atomic E-state index is 0.0185. The van der Waals surface area contributed by atoms with Crippen molar-refractivity contribution < 1.29 is 19.4 Å². The summed E-state index contributed by atoms with van der Waals surface area (Å²) in [6.45, 7) is 16.2. The van der Waals surface area contributed by atoms with Crippen molar-refractivity contribution in [3.8, 4) is 0 Å². The molecule has 3 rings (SSSR count). The van der Waals surface area contributed by atoms with Gasteiger partial charge in [-0.3, -0.25) is 9.59 Å². The van der Waals surface area contributed by atoms with Crippen LogP contribution in [0, 0.1) is 41.4 Å².